The van der Waals surface area contributed by atoms with Crippen LogP contribution in [0, 0.1) is 0 Å². The molecule has 1 aliphatic rings. The molecule has 5 nitrogen and oxygen atoms in total. The van der Waals surface area contributed by atoms with Crippen LogP contribution in [0.5, 0.6) is 0 Å². The van der Waals surface area contributed by atoms with Gasteiger partial charge < -0.3 is 10.5 Å². The highest BCUT2D eigenvalue weighted by Gasteiger charge is 2.23. The van der Waals surface area contributed by atoms with Gasteiger partial charge in [-0.15, -0.1) is 0 Å². The first-order chi connectivity index (χ1) is 7.44. The van der Waals surface area contributed by atoms with Crippen molar-refractivity contribution in [1.29, 1.82) is 0 Å². The fraction of sp³-hybridized carbons (Fsp3) is 0.889. The Morgan fingerprint density at radius 2 is 2.31 bits per heavy atom. The maximum absolute atomic E-state index is 11.3. The summed E-state index contributed by atoms with van der Waals surface area (Å²) in [5.74, 6) is 0.379. The number of nitrogens with zero attached hydrogens (tertiary/aromatic N) is 1. The van der Waals surface area contributed by atoms with Crippen LogP contribution in [0.15, 0.2) is 0 Å². The Balaban J connectivity index is 2.41. The summed E-state index contributed by atoms with van der Waals surface area (Å²) in [6.45, 7) is 4.06. The molecular weight excluding hydrogens is 248 g/mol. The first kappa shape index (κ1) is 13.8. The molecule has 0 amide bonds. The molecule has 1 aliphatic heterocycles. The Labute approximate surface area is 102 Å². The SMILES string of the molecule is CCS(=O)(=O)CCN1CCOC(C(N)=S)C1. The summed E-state index contributed by atoms with van der Waals surface area (Å²) >= 11 is 4.86. The van der Waals surface area contributed by atoms with Crippen molar-refractivity contribution < 1.29 is 13.2 Å². The van der Waals surface area contributed by atoms with Crippen LogP contribution in [0.1, 0.15) is 6.92 Å². The maximum atomic E-state index is 11.3. The number of sulfone groups is 1. The smallest absolute Gasteiger partial charge is 0.151 e. The Bertz CT molecular complexity index is 343. The number of hydrogen-bond acceptors (Lipinski definition) is 5. The van der Waals surface area contributed by atoms with E-state index in [4.69, 9.17) is 22.7 Å². The lowest BCUT2D eigenvalue weighted by Gasteiger charge is -2.32. The molecule has 1 rings (SSSR count). The summed E-state index contributed by atoms with van der Waals surface area (Å²) in [6, 6.07) is 0. The van der Waals surface area contributed by atoms with Crippen molar-refractivity contribution in [2.24, 2.45) is 5.73 Å². The highest BCUT2D eigenvalue weighted by Crippen LogP contribution is 2.06. The quantitative estimate of drug-likeness (QED) is 0.671. The third-order valence-electron chi connectivity index (χ3n) is 2.63. The second-order valence-electron chi connectivity index (χ2n) is 3.80. The molecule has 16 heavy (non-hydrogen) atoms. The van der Waals surface area contributed by atoms with Gasteiger partial charge in [0.15, 0.2) is 9.84 Å². The summed E-state index contributed by atoms with van der Waals surface area (Å²) in [7, 11) is -2.90. The third kappa shape index (κ3) is 4.32. The van der Waals surface area contributed by atoms with Crippen molar-refractivity contribution >= 4 is 27.0 Å². The van der Waals surface area contributed by atoms with Gasteiger partial charge in [-0.2, -0.15) is 0 Å². The van der Waals surface area contributed by atoms with E-state index in [-0.39, 0.29) is 17.6 Å². The van der Waals surface area contributed by atoms with Crippen LogP contribution in [0.4, 0.5) is 0 Å². The lowest BCUT2D eigenvalue weighted by atomic mass is 10.3. The standard InChI is InChI=1S/C9H18N2O3S2/c1-2-16(12,13)6-4-11-3-5-14-8(7-11)9(10)15/h8H,2-7H2,1H3,(H2,10,15). The van der Waals surface area contributed by atoms with Crippen LogP contribution >= 0.6 is 12.2 Å². The first-order valence-electron chi connectivity index (χ1n) is 5.28. The predicted octanol–water partition coefficient (Wildman–Crippen LogP) is -0.592. The molecule has 0 radical (unpaired) electrons. The normalized spacial score (nSPS) is 23.2. The molecule has 0 spiro atoms. The van der Waals surface area contributed by atoms with E-state index >= 15 is 0 Å². The van der Waals surface area contributed by atoms with Gasteiger partial charge in [0.2, 0.25) is 0 Å². The van der Waals surface area contributed by atoms with Gasteiger partial charge in [0.05, 0.1) is 12.4 Å². The number of hydrogen-bond donors (Lipinski definition) is 1. The van der Waals surface area contributed by atoms with Crippen LogP contribution < -0.4 is 5.73 Å². The largest absolute Gasteiger partial charge is 0.391 e. The molecule has 1 unspecified atom stereocenters. The minimum atomic E-state index is -2.90. The van der Waals surface area contributed by atoms with E-state index in [1.165, 1.54) is 0 Å². The fourth-order valence-electron chi connectivity index (χ4n) is 1.49. The second kappa shape index (κ2) is 5.90. The topological polar surface area (TPSA) is 72.6 Å². The lowest BCUT2D eigenvalue weighted by Crippen LogP contribution is -2.48. The van der Waals surface area contributed by atoms with Crippen LogP contribution in [0.3, 0.4) is 0 Å². The third-order valence-corrected chi connectivity index (χ3v) is 4.57. The van der Waals surface area contributed by atoms with Crippen LogP contribution in [0.25, 0.3) is 0 Å². The van der Waals surface area contributed by atoms with Crippen LogP contribution in [-0.2, 0) is 14.6 Å². The number of rotatable bonds is 5. The van der Waals surface area contributed by atoms with E-state index in [0.717, 1.165) is 6.54 Å². The molecule has 0 aromatic carbocycles. The highest BCUT2D eigenvalue weighted by atomic mass is 32.2. The van der Waals surface area contributed by atoms with Gasteiger partial charge in [-0.05, 0) is 0 Å². The number of morpholine rings is 1. The predicted molar refractivity (Wildman–Crippen MR) is 67.3 cm³/mol. The zero-order chi connectivity index (χ0) is 12.2. The first-order valence-corrected chi connectivity index (χ1v) is 7.51. The fourth-order valence-corrected chi connectivity index (χ4v) is 2.46. The summed E-state index contributed by atoms with van der Waals surface area (Å²) < 4.78 is 28.1. The molecule has 94 valence electrons. The molecule has 1 fully saturated rings. The van der Waals surface area contributed by atoms with Gasteiger partial charge in [0.25, 0.3) is 0 Å². The molecule has 1 atom stereocenters. The molecule has 1 heterocycles. The van der Waals surface area contributed by atoms with E-state index in [2.05, 4.69) is 0 Å². The van der Waals surface area contributed by atoms with Crippen molar-refractivity contribution in [2.75, 3.05) is 37.7 Å². The molecule has 1 saturated heterocycles. The van der Waals surface area contributed by atoms with Crippen LogP contribution in [0.2, 0.25) is 0 Å². The highest BCUT2D eigenvalue weighted by molar-refractivity contribution is 7.91. The van der Waals surface area contributed by atoms with Crippen molar-refractivity contribution in [1.82, 2.24) is 4.90 Å². The van der Waals surface area contributed by atoms with Crippen molar-refractivity contribution in [2.45, 2.75) is 13.0 Å². The minimum Gasteiger partial charge on any atom is -0.391 e. The Hall–Kier alpha value is -0.240. The van der Waals surface area contributed by atoms with E-state index in [9.17, 15) is 8.42 Å². The van der Waals surface area contributed by atoms with E-state index < -0.39 is 9.84 Å². The van der Waals surface area contributed by atoms with E-state index in [1.807, 2.05) is 4.90 Å². The summed E-state index contributed by atoms with van der Waals surface area (Å²) in [5.41, 5.74) is 5.50. The van der Waals surface area contributed by atoms with Gasteiger partial charge in [-0.25, -0.2) is 8.42 Å². The van der Waals surface area contributed by atoms with Crippen molar-refractivity contribution in [3.8, 4) is 0 Å². The van der Waals surface area contributed by atoms with E-state index in [0.29, 0.717) is 24.7 Å². The average molecular weight is 266 g/mol. The molecule has 0 aliphatic carbocycles. The lowest BCUT2D eigenvalue weighted by molar-refractivity contribution is 0.00974. The van der Waals surface area contributed by atoms with Gasteiger partial charge >= 0.3 is 0 Å². The van der Waals surface area contributed by atoms with Crippen molar-refractivity contribution in [3.05, 3.63) is 0 Å². The Morgan fingerprint density at radius 1 is 1.62 bits per heavy atom. The summed E-state index contributed by atoms with van der Waals surface area (Å²) in [4.78, 5) is 2.36. The monoisotopic (exact) mass is 266 g/mol. The average Bonchev–Trinajstić information content (AvgIpc) is 2.27. The molecule has 0 bridgehead atoms. The Morgan fingerprint density at radius 3 is 2.88 bits per heavy atom. The summed E-state index contributed by atoms with van der Waals surface area (Å²) in [5, 5.41) is 0. The molecule has 0 saturated carbocycles. The minimum absolute atomic E-state index is 0.188. The Kier molecular flexibility index (Phi) is 5.10. The van der Waals surface area contributed by atoms with Gasteiger partial charge in [0, 0.05) is 25.4 Å². The van der Waals surface area contributed by atoms with Gasteiger partial charge in [0.1, 0.15) is 11.1 Å². The molecule has 0 aromatic rings. The van der Waals surface area contributed by atoms with Crippen LogP contribution in [-0.4, -0.2) is 62.2 Å². The summed E-state index contributed by atoms with van der Waals surface area (Å²) in [6.07, 6.45) is -0.243. The van der Waals surface area contributed by atoms with E-state index in [1.54, 1.807) is 6.92 Å². The maximum Gasteiger partial charge on any atom is 0.151 e. The van der Waals surface area contributed by atoms with Gasteiger partial charge in [-0.1, -0.05) is 19.1 Å². The number of ether oxygens (including phenoxy) is 1. The van der Waals surface area contributed by atoms with Crippen molar-refractivity contribution in [3.63, 3.8) is 0 Å². The second-order valence-corrected chi connectivity index (χ2v) is 6.74. The number of thiocarbonyl (C=S) groups is 1. The zero-order valence-electron chi connectivity index (χ0n) is 9.39. The molecular formula is C9H18N2O3S2. The molecule has 2 N–H and O–H groups in total. The molecule has 0 aromatic heterocycles. The number of nitrogens with two attached hydrogens (primary N) is 1. The zero-order valence-corrected chi connectivity index (χ0v) is 11.0. The molecule has 7 heteroatoms. The van der Waals surface area contributed by atoms with Gasteiger partial charge in [-0.3, -0.25) is 4.90 Å².